The molecular weight excluding hydrogens is 585 g/mol. The lowest BCUT2D eigenvalue weighted by molar-refractivity contribution is -0.139. The molecule has 10 heteroatoms. The molecule has 3 aromatic carbocycles. The van der Waals surface area contributed by atoms with Crippen molar-refractivity contribution in [2.24, 2.45) is 0 Å². The Balaban J connectivity index is 1.60. The Labute approximate surface area is 258 Å². The van der Waals surface area contributed by atoms with Crippen LogP contribution in [0, 0.1) is 6.92 Å². The van der Waals surface area contributed by atoms with E-state index in [2.05, 4.69) is 10.2 Å². The van der Waals surface area contributed by atoms with E-state index in [-0.39, 0.29) is 6.04 Å². The minimum atomic E-state index is -3.24. The van der Waals surface area contributed by atoms with Gasteiger partial charge in [-0.25, -0.2) is 13.2 Å². The van der Waals surface area contributed by atoms with Gasteiger partial charge in [0, 0.05) is 31.0 Å². The Morgan fingerprint density at radius 1 is 1.05 bits per heavy atom. The van der Waals surface area contributed by atoms with Crippen molar-refractivity contribution in [2.45, 2.75) is 50.3 Å². The van der Waals surface area contributed by atoms with Gasteiger partial charge in [-0.2, -0.15) is 11.8 Å². The summed E-state index contributed by atoms with van der Waals surface area (Å²) in [6.07, 6.45) is 4.00. The summed E-state index contributed by atoms with van der Waals surface area (Å²) >= 11 is 1.53. The molecule has 230 valence electrons. The summed E-state index contributed by atoms with van der Waals surface area (Å²) in [4.78, 5) is 27.4. The molecule has 2 N–H and O–H groups in total. The van der Waals surface area contributed by atoms with Crippen molar-refractivity contribution in [1.82, 2.24) is 10.2 Å². The highest BCUT2D eigenvalue weighted by atomic mass is 32.2. The van der Waals surface area contributed by atoms with Gasteiger partial charge in [-0.1, -0.05) is 60.7 Å². The van der Waals surface area contributed by atoms with Crippen molar-refractivity contribution in [1.29, 1.82) is 0 Å². The van der Waals surface area contributed by atoms with Gasteiger partial charge in [0.25, 0.3) is 5.91 Å². The number of hydrogen-bond donors (Lipinski definition) is 2. The van der Waals surface area contributed by atoms with Crippen molar-refractivity contribution in [2.75, 3.05) is 31.4 Å². The number of amides is 1. The van der Waals surface area contributed by atoms with Crippen LogP contribution >= 0.6 is 11.8 Å². The summed E-state index contributed by atoms with van der Waals surface area (Å²) in [6.45, 7) is 3.70. The third-order valence-corrected chi connectivity index (χ3v) is 10.1. The van der Waals surface area contributed by atoms with E-state index >= 15 is 0 Å². The smallest absolute Gasteiger partial charge is 0.326 e. The Hall–Kier alpha value is -3.18. The molecule has 1 aliphatic heterocycles. The number of thioether (sulfide) groups is 1. The molecule has 8 nitrogen and oxygen atoms in total. The molecule has 4 rings (SSSR count). The first-order valence-electron chi connectivity index (χ1n) is 14.3. The van der Waals surface area contributed by atoms with Crippen LogP contribution in [0.5, 0.6) is 0 Å². The summed E-state index contributed by atoms with van der Waals surface area (Å²) in [7, 11) is -3.24. The number of aliphatic carboxylic acids is 1. The number of rotatable bonds is 14. The fourth-order valence-corrected chi connectivity index (χ4v) is 6.96. The van der Waals surface area contributed by atoms with Crippen LogP contribution in [0.1, 0.15) is 39.9 Å². The molecule has 0 aliphatic carbocycles. The summed E-state index contributed by atoms with van der Waals surface area (Å²) in [5.74, 6) is -0.892. The second-order valence-electron chi connectivity index (χ2n) is 11.1. The van der Waals surface area contributed by atoms with Crippen molar-refractivity contribution >= 4 is 33.5 Å². The minimum Gasteiger partial charge on any atom is -0.480 e. The number of likely N-dealkylation sites (tertiary alicyclic amines) is 1. The third-order valence-electron chi connectivity index (χ3n) is 7.88. The first-order chi connectivity index (χ1) is 20.6. The van der Waals surface area contributed by atoms with E-state index in [1.807, 2.05) is 79.9 Å². The normalized spacial score (nSPS) is 17.9. The van der Waals surface area contributed by atoms with Gasteiger partial charge in [0.15, 0.2) is 9.84 Å². The maximum absolute atomic E-state index is 13.4. The van der Waals surface area contributed by atoms with E-state index in [0.717, 1.165) is 22.3 Å². The molecule has 1 saturated heterocycles. The Kier molecular flexibility index (Phi) is 11.4. The SMILES string of the molecule is CSCC[C@H](NC(=O)c1ccc(CN2C[C@@H](S(C)(=O)=O)C[C@H]2COCc2ccccc2)cc1-c1ccccc1C)C(=O)O. The predicted octanol–water partition coefficient (Wildman–Crippen LogP) is 4.80. The van der Waals surface area contributed by atoms with E-state index in [4.69, 9.17) is 4.74 Å². The Morgan fingerprint density at radius 2 is 1.77 bits per heavy atom. The van der Waals surface area contributed by atoms with Gasteiger partial charge in [0.1, 0.15) is 6.04 Å². The second kappa shape index (κ2) is 15.0. The maximum atomic E-state index is 13.4. The van der Waals surface area contributed by atoms with E-state index < -0.39 is 33.0 Å². The van der Waals surface area contributed by atoms with Gasteiger partial charge < -0.3 is 15.2 Å². The number of carboxylic acid groups (broad SMARTS) is 1. The molecule has 1 fully saturated rings. The zero-order valence-corrected chi connectivity index (χ0v) is 26.5. The summed E-state index contributed by atoms with van der Waals surface area (Å²) in [5.41, 5.74) is 4.95. The zero-order valence-electron chi connectivity index (χ0n) is 24.9. The lowest BCUT2D eigenvalue weighted by Gasteiger charge is -2.25. The van der Waals surface area contributed by atoms with Crippen molar-refractivity contribution < 1.29 is 27.9 Å². The summed E-state index contributed by atoms with van der Waals surface area (Å²) in [5, 5.41) is 11.9. The molecule has 0 spiro atoms. The van der Waals surface area contributed by atoms with Crippen molar-refractivity contribution in [3.63, 3.8) is 0 Å². The van der Waals surface area contributed by atoms with Crippen molar-refractivity contribution in [3.8, 4) is 11.1 Å². The van der Waals surface area contributed by atoms with Crippen LogP contribution in [0.2, 0.25) is 0 Å². The monoisotopic (exact) mass is 624 g/mol. The average molecular weight is 625 g/mol. The highest BCUT2D eigenvalue weighted by Gasteiger charge is 2.37. The number of carboxylic acids is 1. The molecule has 1 amide bonds. The second-order valence-corrected chi connectivity index (χ2v) is 14.4. The van der Waals surface area contributed by atoms with Gasteiger partial charge in [-0.3, -0.25) is 9.69 Å². The number of carbonyl (C=O) groups is 2. The highest BCUT2D eigenvalue weighted by Crippen LogP contribution is 2.31. The van der Waals surface area contributed by atoms with E-state index in [0.29, 0.717) is 56.0 Å². The molecule has 0 saturated carbocycles. The summed E-state index contributed by atoms with van der Waals surface area (Å²) < 4.78 is 31.1. The zero-order chi connectivity index (χ0) is 31.0. The minimum absolute atomic E-state index is 0.0823. The third kappa shape index (κ3) is 8.92. The van der Waals surface area contributed by atoms with Crippen LogP contribution in [-0.2, 0) is 32.5 Å². The van der Waals surface area contributed by atoms with Crippen LogP contribution in [0.3, 0.4) is 0 Å². The predicted molar refractivity (Wildman–Crippen MR) is 172 cm³/mol. The van der Waals surface area contributed by atoms with Crippen LogP contribution < -0.4 is 5.32 Å². The van der Waals surface area contributed by atoms with E-state index in [1.165, 1.54) is 18.0 Å². The van der Waals surface area contributed by atoms with Crippen molar-refractivity contribution in [3.05, 3.63) is 95.1 Å². The number of sulfone groups is 1. The molecule has 0 aromatic heterocycles. The molecule has 0 bridgehead atoms. The van der Waals surface area contributed by atoms with Gasteiger partial charge >= 0.3 is 5.97 Å². The standard InChI is InChI=1S/C33H40N2O6S2/c1-23-9-7-8-12-28(23)30-17-25(13-14-29(30)32(36)34-31(33(37)38)15-16-42-2)19-35-20-27(43(3,39)40)18-26(35)22-41-21-24-10-5-4-6-11-24/h4-14,17,26-27,31H,15-16,18-22H2,1-3H3,(H,34,36)(H,37,38)/t26-,27-,31-/m0/s1. The summed E-state index contributed by atoms with van der Waals surface area (Å²) in [6, 6.07) is 22.1. The molecule has 1 aliphatic rings. The fraction of sp³-hybridized carbons (Fsp3) is 0.394. The molecule has 0 radical (unpaired) electrons. The Morgan fingerprint density at radius 3 is 2.44 bits per heavy atom. The maximum Gasteiger partial charge on any atom is 0.326 e. The quantitative estimate of drug-likeness (QED) is 0.263. The van der Waals surface area contributed by atoms with E-state index in [9.17, 15) is 23.1 Å². The van der Waals surface area contributed by atoms with Crippen LogP contribution in [-0.4, -0.2) is 79.1 Å². The van der Waals surface area contributed by atoms with Gasteiger partial charge in [-0.05, 0) is 71.7 Å². The number of ether oxygens (including phenoxy) is 1. The average Bonchev–Trinajstić information content (AvgIpc) is 3.39. The van der Waals surface area contributed by atoms with Crippen LogP contribution in [0.25, 0.3) is 11.1 Å². The number of benzene rings is 3. The molecule has 3 aromatic rings. The molecule has 43 heavy (non-hydrogen) atoms. The number of hydrogen-bond acceptors (Lipinski definition) is 7. The molecule has 0 unspecified atom stereocenters. The molecule has 1 heterocycles. The number of nitrogens with one attached hydrogen (secondary N) is 1. The lowest BCUT2D eigenvalue weighted by Crippen LogP contribution is -2.41. The van der Waals surface area contributed by atoms with Gasteiger partial charge in [0.2, 0.25) is 0 Å². The molecular formula is C33H40N2O6S2. The fourth-order valence-electron chi connectivity index (χ4n) is 5.45. The first kappa shape index (κ1) is 32.7. The van der Waals surface area contributed by atoms with Gasteiger partial charge in [-0.15, -0.1) is 0 Å². The molecule has 3 atom stereocenters. The first-order valence-corrected chi connectivity index (χ1v) is 17.7. The van der Waals surface area contributed by atoms with E-state index in [1.54, 1.807) is 6.07 Å². The highest BCUT2D eigenvalue weighted by molar-refractivity contribution is 7.98. The van der Waals surface area contributed by atoms with Crippen LogP contribution in [0.15, 0.2) is 72.8 Å². The number of aryl methyl sites for hydroxylation is 1. The number of carbonyl (C=O) groups excluding carboxylic acids is 1. The topological polar surface area (TPSA) is 113 Å². The largest absolute Gasteiger partial charge is 0.480 e. The van der Waals surface area contributed by atoms with Crippen LogP contribution in [0.4, 0.5) is 0 Å². The van der Waals surface area contributed by atoms with Gasteiger partial charge in [0.05, 0.1) is 18.5 Å². The number of nitrogens with zero attached hydrogens (tertiary/aromatic N) is 1. The lowest BCUT2D eigenvalue weighted by atomic mass is 9.93. The Bertz CT molecular complexity index is 1510.